The minimum Gasteiger partial charge on any atom is -0.325 e. The zero-order chi connectivity index (χ0) is 15.7. The Labute approximate surface area is 128 Å². The van der Waals surface area contributed by atoms with Crippen LogP contribution in [0, 0.1) is 0 Å². The number of hydrogen-bond donors (Lipinski definition) is 2. The first-order valence-electron chi connectivity index (χ1n) is 8.01. The van der Waals surface area contributed by atoms with E-state index in [1.54, 1.807) is 6.33 Å². The topological polar surface area (TPSA) is 84.7 Å². The molecule has 7 heteroatoms. The first-order chi connectivity index (χ1) is 10.6. The number of aromatic nitrogens is 4. The van der Waals surface area contributed by atoms with E-state index >= 15 is 0 Å². The Morgan fingerprint density at radius 3 is 2.86 bits per heavy atom. The molecule has 0 radical (unpaired) electrons. The summed E-state index contributed by atoms with van der Waals surface area (Å²) < 4.78 is 3.40. The highest BCUT2D eigenvalue weighted by Gasteiger charge is 2.17. The highest BCUT2D eigenvalue weighted by molar-refractivity contribution is 5.70. The summed E-state index contributed by atoms with van der Waals surface area (Å²) >= 11 is 0. The molecule has 3 rings (SSSR count). The first-order valence-corrected chi connectivity index (χ1v) is 8.01. The second kappa shape index (κ2) is 6.08. The fourth-order valence-corrected chi connectivity index (χ4v) is 3.21. The van der Waals surface area contributed by atoms with Crippen molar-refractivity contribution in [2.24, 2.45) is 0 Å². The number of aryl methyl sites for hydroxylation is 1. The monoisotopic (exact) mass is 305 g/mol. The Morgan fingerprint density at radius 1 is 1.36 bits per heavy atom. The lowest BCUT2D eigenvalue weighted by molar-refractivity contribution is 0.368. The summed E-state index contributed by atoms with van der Waals surface area (Å²) in [5, 5.41) is 3.51. The fraction of sp³-hybridized carbons (Fsp3) is 0.667. The van der Waals surface area contributed by atoms with Gasteiger partial charge in [-0.3, -0.25) is 14.3 Å². The van der Waals surface area contributed by atoms with Crippen LogP contribution in [0.5, 0.6) is 0 Å². The molecule has 0 aromatic carbocycles. The van der Waals surface area contributed by atoms with Crippen LogP contribution in [0.2, 0.25) is 0 Å². The van der Waals surface area contributed by atoms with Crippen LogP contribution in [-0.2, 0) is 6.54 Å². The van der Waals surface area contributed by atoms with E-state index in [4.69, 9.17) is 0 Å². The van der Waals surface area contributed by atoms with Gasteiger partial charge in [0.25, 0.3) is 5.56 Å². The van der Waals surface area contributed by atoms with Crippen LogP contribution in [0.4, 0.5) is 0 Å². The largest absolute Gasteiger partial charge is 0.330 e. The summed E-state index contributed by atoms with van der Waals surface area (Å²) in [5.41, 5.74) is 0.210. The molecule has 1 aliphatic heterocycles. The quantitative estimate of drug-likeness (QED) is 0.882. The van der Waals surface area contributed by atoms with Crippen molar-refractivity contribution in [3.8, 4) is 0 Å². The van der Waals surface area contributed by atoms with E-state index in [-0.39, 0.29) is 11.6 Å². The molecule has 1 saturated heterocycles. The molecular formula is C15H23N5O2. The number of hydrogen-bond acceptors (Lipinski definition) is 4. The maximum absolute atomic E-state index is 12.2. The van der Waals surface area contributed by atoms with Crippen LogP contribution in [0.25, 0.3) is 11.2 Å². The van der Waals surface area contributed by atoms with Crippen molar-refractivity contribution in [1.82, 2.24) is 24.4 Å². The summed E-state index contributed by atoms with van der Waals surface area (Å²) in [6, 6.07) is 0.455. The second-order valence-corrected chi connectivity index (χ2v) is 6.27. The van der Waals surface area contributed by atoms with E-state index in [0.29, 0.717) is 17.2 Å². The zero-order valence-corrected chi connectivity index (χ0v) is 13.1. The molecule has 22 heavy (non-hydrogen) atoms. The molecular weight excluding hydrogens is 282 g/mol. The van der Waals surface area contributed by atoms with Gasteiger partial charge in [-0.2, -0.15) is 0 Å². The van der Waals surface area contributed by atoms with Crippen LogP contribution in [0.15, 0.2) is 15.9 Å². The SMILES string of the molecule is CC(C)n1c(=O)[nH]c(=O)c2c1ncn2CCC1CCCCN1. The minimum absolute atomic E-state index is 0.0461. The highest BCUT2D eigenvalue weighted by atomic mass is 16.2. The van der Waals surface area contributed by atoms with Gasteiger partial charge in [-0.1, -0.05) is 6.42 Å². The summed E-state index contributed by atoms with van der Waals surface area (Å²) in [6.07, 6.45) is 6.31. The predicted octanol–water partition coefficient (Wildman–Crippen LogP) is 0.999. The van der Waals surface area contributed by atoms with E-state index < -0.39 is 5.69 Å². The average molecular weight is 305 g/mol. The van der Waals surface area contributed by atoms with Gasteiger partial charge in [-0.15, -0.1) is 0 Å². The van der Waals surface area contributed by atoms with Crippen molar-refractivity contribution >= 4 is 11.2 Å². The number of imidazole rings is 1. The maximum atomic E-state index is 12.2. The number of piperidine rings is 1. The average Bonchev–Trinajstić information content (AvgIpc) is 2.90. The van der Waals surface area contributed by atoms with Gasteiger partial charge in [0.05, 0.1) is 6.33 Å². The van der Waals surface area contributed by atoms with Gasteiger partial charge < -0.3 is 9.88 Å². The molecule has 2 N–H and O–H groups in total. The third kappa shape index (κ3) is 2.72. The minimum atomic E-state index is -0.397. The van der Waals surface area contributed by atoms with Gasteiger partial charge in [0, 0.05) is 18.6 Å². The molecule has 0 amide bonds. The molecule has 0 bridgehead atoms. The first kappa shape index (κ1) is 15.0. The van der Waals surface area contributed by atoms with Crippen LogP contribution in [0.3, 0.4) is 0 Å². The number of H-pyrrole nitrogens is 1. The lowest BCUT2D eigenvalue weighted by atomic mass is 10.0. The molecule has 1 aliphatic rings. The van der Waals surface area contributed by atoms with E-state index in [1.807, 2.05) is 18.4 Å². The van der Waals surface area contributed by atoms with Crippen LogP contribution >= 0.6 is 0 Å². The Kier molecular flexibility index (Phi) is 4.15. The Bertz CT molecular complexity index is 764. The van der Waals surface area contributed by atoms with Crippen molar-refractivity contribution in [2.45, 2.75) is 58.2 Å². The third-order valence-corrected chi connectivity index (χ3v) is 4.35. The van der Waals surface area contributed by atoms with Gasteiger partial charge in [0.15, 0.2) is 11.2 Å². The summed E-state index contributed by atoms with van der Waals surface area (Å²) in [5.74, 6) is 0. The molecule has 2 aromatic rings. The number of rotatable bonds is 4. The molecule has 1 unspecified atom stereocenters. The standard InChI is InChI=1S/C15H23N5O2/c1-10(2)20-13-12(14(21)18-15(20)22)19(9-17-13)8-6-11-5-3-4-7-16-11/h9-11,16H,3-8H2,1-2H3,(H,18,21,22). The molecule has 2 aromatic heterocycles. The maximum Gasteiger partial charge on any atom is 0.330 e. The van der Waals surface area contributed by atoms with E-state index in [0.717, 1.165) is 19.5 Å². The van der Waals surface area contributed by atoms with Gasteiger partial charge in [0.1, 0.15) is 0 Å². The van der Waals surface area contributed by atoms with Crippen molar-refractivity contribution in [3.05, 3.63) is 27.2 Å². The van der Waals surface area contributed by atoms with Crippen LogP contribution < -0.4 is 16.6 Å². The summed E-state index contributed by atoms with van der Waals surface area (Å²) in [7, 11) is 0. The lowest BCUT2D eigenvalue weighted by Gasteiger charge is -2.23. The molecule has 0 aliphatic carbocycles. The molecule has 0 spiro atoms. The lowest BCUT2D eigenvalue weighted by Crippen LogP contribution is -2.35. The van der Waals surface area contributed by atoms with Crippen LogP contribution in [-0.4, -0.2) is 31.7 Å². The zero-order valence-electron chi connectivity index (χ0n) is 13.1. The van der Waals surface area contributed by atoms with Crippen molar-refractivity contribution < 1.29 is 0 Å². The Balaban J connectivity index is 1.92. The highest BCUT2D eigenvalue weighted by Crippen LogP contribution is 2.14. The smallest absolute Gasteiger partial charge is 0.325 e. The molecule has 3 heterocycles. The van der Waals surface area contributed by atoms with Crippen molar-refractivity contribution in [2.75, 3.05) is 6.54 Å². The van der Waals surface area contributed by atoms with Gasteiger partial charge >= 0.3 is 5.69 Å². The number of aromatic amines is 1. The molecule has 120 valence electrons. The summed E-state index contributed by atoms with van der Waals surface area (Å²) in [4.78, 5) is 30.8. The molecule has 1 atom stereocenters. The van der Waals surface area contributed by atoms with Gasteiger partial charge in [0.2, 0.25) is 0 Å². The molecule has 1 fully saturated rings. The second-order valence-electron chi connectivity index (χ2n) is 6.27. The fourth-order valence-electron chi connectivity index (χ4n) is 3.21. The van der Waals surface area contributed by atoms with Gasteiger partial charge in [-0.25, -0.2) is 9.78 Å². The van der Waals surface area contributed by atoms with Crippen LogP contribution in [0.1, 0.15) is 45.6 Å². The van der Waals surface area contributed by atoms with Crippen molar-refractivity contribution in [1.29, 1.82) is 0 Å². The number of fused-ring (bicyclic) bond motifs is 1. The van der Waals surface area contributed by atoms with Gasteiger partial charge in [-0.05, 0) is 39.7 Å². The molecule has 0 saturated carbocycles. The predicted molar refractivity (Wildman–Crippen MR) is 85.3 cm³/mol. The van der Waals surface area contributed by atoms with Crippen molar-refractivity contribution in [3.63, 3.8) is 0 Å². The Morgan fingerprint density at radius 2 is 2.18 bits per heavy atom. The molecule has 7 nitrogen and oxygen atoms in total. The number of nitrogens with zero attached hydrogens (tertiary/aromatic N) is 3. The Hall–Kier alpha value is -1.89. The van der Waals surface area contributed by atoms with E-state index in [1.165, 1.54) is 23.8 Å². The normalized spacial score (nSPS) is 19.1. The summed E-state index contributed by atoms with van der Waals surface area (Å²) in [6.45, 7) is 5.62. The third-order valence-electron chi connectivity index (χ3n) is 4.35. The number of nitrogens with one attached hydrogen (secondary N) is 2. The van der Waals surface area contributed by atoms with E-state index in [2.05, 4.69) is 15.3 Å². The van der Waals surface area contributed by atoms with E-state index in [9.17, 15) is 9.59 Å².